The molecule has 23 heavy (non-hydrogen) atoms. The zero-order valence-electron chi connectivity index (χ0n) is 12.6. The largest absolute Gasteiger partial charge is 0.405 e. The number of aromatic nitrogens is 2. The van der Waals surface area contributed by atoms with E-state index in [1.54, 1.807) is 12.4 Å². The number of nitrogens with zero attached hydrogens (tertiary/aromatic N) is 2. The maximum atomic E-state index is 12.1. The van der Waals surface area contributed by atoms with Crippen molar-refractivity contribution in [1.82, 2.24) is 14.9 Å². The second-order valence-corrected chi connectivity index (χ2v) is 5.99. The Labute approximate surface area is 136 Å². The fourth-order valence-electron chi connectivity index (χ4n) is 2.04. The topological polar surface area (TPSA) is 46.9 Å². The van der Waals surface area contributed by atoms with E-state index in [1.165, 1.54) is 0 Å². The number of alkyl halides is 3. The molecule has 124 valence electrons. The highest BCUT2D eigenvalue weighted by Crippen LogP contribution is 2.23. The molecule has 0 aliphatic carbocycles. The van der Waals surface area contributed by atoms with Crippen molar-refractivity contribution >= 4 is 17.7 Å². The molecule has 1 N–H and O–H groups in total. The maximum Gasteiger partial charge on any atom is 0.405 e. The van der Waals surface area contributed by atoms with Gasteiger partial charge in [0.15, 0.2) is 5.16 Å². The number of imidazole rings is 1. The molecule has 8 heteroatoms. The molecule has 4 nitrogen and oxygen atoms in total. The summed E-state index contributed by atoms with van der Waals surface area (Å²) in [7, 11) is 0. The van der Waals surface area contributed by atoms with Crippen molar-refractivity contribution in [3.05, 3.63) is 41.7 Å². The van der Waals surface area contributed by atoms with Gasteiger partial charge in [0.2, 0.25) is 5.91 Å². The molecule has 1 amide bonds. The van der Waals surface area contributed by atoms with Gasteiger partial charge in [0, 0.05) is 12.4 Å². The summed E-state index contributed by atoms with van der Waals surface area (Å²) in [5.41, 5.74) is 3.10. The number of nitrogens with one attached hydrogen (secondary N) is 1. The number of hydrogen-bond acceptors (Lipinski definition) is 3. The number of benzene rings is 1. The molecule has 2 rings (SSSR count). The lowest BCUT2D eigenvalue weighted by atomic mass is 10.1. The van der Waals surface area contributed by atoms with Crippen LogP contribution < -0.4 is 5.32 Å². The quantitative estimate of drug-likeness (QED) is 0.848. The molecule has 1 aromatic carbocycles. The third-order valence-electron chi connectivity index (χ3n) is 3.04. The first-order chi connectivity index (χ1) is 10.8. The van der Waals surface area contributed by atoms with Crippen LogP contribution in [0.25, 0.3) is 5.69 Å². The van der Waals surface area contributed by atoms with Crippen LogP contribution in [-0.4, -0.2) is 33.9 Å². The summed E-state index contributed by atoms with van der Waals surface area (Å²) >= 11 is 1.09. The van der Waals surface area contributed by atoms with Crippen LogP contribution in [0.2, 0.25) is 0 Å². The van der Waals surface area contributed by atoms with Gasteiger partial charge in [0.25, 0.3) is 0 Å². The summed E-state index contributed by atoms with van der Waals surface area (Å²) in [6, 6.07) is 5.94. The van der Waals surface area contributed by atoms with E-state index in [4.69, 9.17) is 0 Å². The molecular formula is C15H16F3N3OS. The highest BCUT2D eigenvalue weighted by Gasteiger charge is 2.27. The fourth-order valence-corrected chi connectivity index (χ4v) is 2.83. The zero-order valence-corrected chi connectivity index (χ0v) is 13.5. The van der Waals surface area contributed by atoms with Crippen LogP contribution in [0.1, 0.15) is 11.1 Å². The molecule has 0 unspecified atom stereocenters. The third-order valence-corrected chi connectivity index (χ3v) is 4.00. The lowest BCUT2D eigenvalue weighted by Crippen LogP contribution is -2.34. The Morgan fingerprint density at radius 1 is 1.35 bits per heavy atom. The van der Waals surface area contributed by atoms with Gasteiger partial charge in [-0.05, 0) is 25.5 Å². The second kappa shape index (κ2) is 7.08. The van der Waals surface area contributed by atoms with Gasteiger partial charge in [-0.25, -0.2) is 4.98 Å². The summed E-state index contributed by atoms with van der Waals surface area (Å²) in [5.74, 6) is -0.805. The third kappa shape index (κ3) is 5.02. The molecule has 0 saturated carbocycles. The molecule has 0 saturated heterocycles. The number of amides is 1. The first kappa shape index (κ1) is 17.4. The molecule has 1 heterocycles. The maximum absolute atomic E-state index is 12.1. The van der Waals surface area contributed by atoms with Crippen molar-refractivity contribution in [1.29, 1.82) is 0 Å². The van der Waals surface area contributed by atoms with Gasteiger partial charge in [-0.1, -0.05) is 29.5 Å². The van der Waals surface area contributed by atoms with E-state index < -0.39 is 18.6 Å². The van der Waals surface area contributed by atoms with Gasteiger partial charge in [-0.2, -0.15) is 13.2 Å². The van der Waals surface area contributed by atoms with Crippen LogP contribution in [0, 0.1) is 13.8 Å². The molecule has 0 bridgehead atoms. The minimum atomic E-state index is -4.40. The summed E-state index contributed by atoms with van der Waals surface area (Å²) in [4.78, 5) is 15.6. The first-order valence-corrected chi connectivity index (χ1v) is 7.82. The van der Waals surface area contributed by atoms with Crippen molar-refractivity contribution in [3.8, 4) is 5.69 Å². The van der Waals surface area contributed by atoms with Crippen LogP contribution in [0.15, 0.2) is 35.7 Å². The predicted octanol–water partition coefficient (Wildman–Crippen LogP) is 3.26. The van der Waals surface area contributed by atoms with Gasteiger partial charge >= 0.3 is 6.18 Å². The number of thioether (sulfide) groups is 1. The van der Waals surface area contributed by atoms with E-state index in [2.05, 4.69) is 4.98 Å². The van der Waals surface area contributed by atoms with E-state index in [0.29, 0.717) is 5.16 Å². The molecule has 0 fully saturated rings. The fraction of sp³-hybridized carbons (Fsp3) is 0.333. The summed E-state index contributed by atoms with van der Waals surface area (Å²) in [5, 5.41) is 2.40. The van der Waals surface area contributed by atoms with Gasteiger partial charge in [-0.15, -0.1) is 0 Å². The monoisotopic (exact) mass is 343 g/mol. The van der Waals surface area contributed by atoms with E-state index >= 15 is 0 Å². The van der Waals surface area contributed by atoms with E-state index in [9.17, 15) is 18.0 Å². The summed E-state index contributed by atoms with van der Waals surface area (Å²) in [6.07, 6.45) is -1.05. The number of rotatable bonds is 5. The highest BCUT2D eigenvalue weighted by molar-refractivity contribution is 7.99. The SMILES string of the molecule is Cc1ccc(-n2ccnc2SCC(=O)NCC(F)(F)F)c(C)c1. The molecule has 0 aliphatic rings. The number of carbonyl (C=O) groups excluding carboxylic acids is 1. The van der Waals surface area contributed by atoms with Crippen molar-refractivity contribution < 1.29 is 18.0 Å². The van der Waals surface area contributed by atoms with Crippen LogP contribution in [0.4, 0.5) is 13.2 Å². The van der Waals surface area contributed by atoms with Crippen LogP contribution >= 0.6 is 11.8 Å². The zero-order chi connectivity index (χ0) is 17.0. The Kier molecular flexibility index (Phi) is 5.35. The summed E-state index contributed by atoms with van der Waals surface area (Å²) in [6.45, 7) is 2.63. The van der Waals surface area contributed by atoms with E-state index in [0.717, 1.165) is 28.6 Å². The van der Waals surface area contributed by atoms with Crippen molar-refractivity contribution in [2.45, 2.75) is 25.2 Å². The molecule has 0 radical (unpaired) electrons. The van der Waals surface area contributed by atoms with Crippen molar-refractivity contribution in [2.24, 2.45) is 0 Å². The molecular weight excluding hydrogens is 327 g/mol. The predicted molar refractivity (Wildman–Crippen MR) is 82.8 cm³/mol. The van der Waals surface area contributed by atoms with Crippen LogP contribution in [0.5, 0.6) is 0 Å². The second-order valence-electron chi connectivity index (χ2n) is 5.05. The Morgan fingerprint density at radius 3 is 2.74 bits per heavy atom. The highest BCUT2D eigenvalue weighted by atomic mass is 32.2. The Hall–Kier alpha value is -1.96. The normalized spacial score (nSPS) is 11.5. The number of aryl methyl sites for hydroxylation is 2. The minimum absolute atomic E-state index is 0.127. The van der Waals surface area contributed by atoms with E-state index in [-0.39, 0.29) is 5.75 Å². The number of carbonyl (C=O) groups is 1. The molecule has 2 aromatic rings. The molecule has 0 aliphatic heterocycles. The average molecular weight is 343 g/mol. The van der Waals surface area contributed by atoms with Crippen LogP contribution in [0.3, 0.4) is 0 Å². The lowest BCUT2D eigenvalue weighted by molar-refractivity contribution is -0.136. The number of hydrogen-bond donors (Lipinski definition) is 1. The van der Waals surface area contributed by atoms with Crippen LogP contribution in [-0.2, 0) is 4.79 Å². The number of halogens is 3. The van der Waals surface area contributed by atoms with Crippen molar-refractivity contribution in [3.63, 3.8) is 0 Å². The average Bonchev–Trinajstić information content (AvgIpc) is 2.90. The van der Waals surface area contributed by atoms with E-state index in [1.807, 2.05) is 41.9 Å². The Balaban J connectivity index is 2.03. The van der Waals surface area contributed by atoms with Gasteiger partial charge in [0.05, 0.1) is 11.4 Å². The standard InChI is InChI=1S/C15H16F3N3OS/c1-10-3-4-12(11(2)7-10)21-6-5-19-14(21)23-8-13(22)20-9-15(16,17)18/h3-7H,8-9H2,1-2H3,(H,20,22). The van der Waals surface area contributed by atoms with Gasteiger partial charge in [0.1, 0.15) is 6.54 Å². The molecule has 0 atom stereocenters. The summed E-state index contributed by atoms with van der Waals surface area (Å²) < 4.78 is 38.0. The van der Waals surface area contributed by atoms with Gasteiger partial charge in [-0.3, -0.25) is 9.36 Å². The first-order valence-electron chi connectivity index (χ1n) is 6.83. The van der Waals surface area contributed by atoms with Gasteiger partial charge < -0.3 is 5.32 Å². The molecule has 1 aromatic heterocycles. The molecule has 0 spiro atoms. The Morgan fingerprint density at radius 2 is 2.09 bits per heavy atom. The smallest absolute Gasteiger partial charge is 0.346 e. The Bertz CT molecular complexity index is 698. The lowest BCUT2D eigenvalue weighted by Gasteiger charge is -2.11. The van der Waals surface area contributed by atoms with Crippen molar-refractivity contribution in [2.75, 3.05) is 12.3 Å². The minimum Gasteiger partial charge on any atom is -0.346 e.